The van der Waals surface area contributed by atoms with Crippen molar-refractivity contribution >= 4 is 33.2 Å². The predicted molar refractivity (Wildman–Crippen MR) is 93.0 cm³/mol. The summed E-state index contributed by atoms with van der Waals surface area (Å²) < 4.78 is 32.8. The molecule has 0 radical (unpaired) electrons. The van der Waals surface area contributed by atoms with Gasteiger partial charge >= 0.3 is 0 Å². The third-order valence-corrected chi connectivity index (χ3v) is 5.80. The smallest absolute Gasteiger partial charge is 0.241 e. The fraction of sp³-hybridized carbons (Fsp3) is 0.250. The first-order valence-corrected chi connectivity index (χ1v) is 9.08. The maximum Gasteiger partial charge on any atom is 0.241 e. The van der Waals surface area contributed by atoms with Gasteiger partial charge in [-0.1, -0.05) is 29.3 Å². The molecule has 0 saturated carbocycles. The maximum atomic E-state index is 12.5. The Morgan fingerprint density at radius 2 is 1.78 bits per heavy atom. The molecule has 0 unspecified atom stereocenters. The molecule has 0 saturated heterocycles. The van der Waals surface area contributed by atoms with Crippen LogP contribution in [0.2, 0.25) is 10.0 Å². The summed E-state index contributed by atoms with van der Waals surface area (Å²) in [5.74, 6) is 0.655. The van der Waals surface area contributed by atoms with Gasteiger partial charge in [-0.25, -0.2) is 13.1 Å². The number of methoxy groups -OCH3 is 1. The molecular weight excluding hydrogens is 357 g/mol. The quantitative estimate of drug-likeness (QED) is 0.858. The molecule has 0 atom stereocenters. The van der Waals surface area contributed by atoms with Crippen LogP contribution in [0.3, 0.4) is 0 Å². The van der Waals surface area contributed by atoms with E-state index in [1.165, 1.54) is 6.07 Å². The van der Waals surface area contributed by atoms with E-state index in [4.69, 9.17) is 27.9 Å². The lowest BCUT2D eigenvalue weighted by atomic mass is 10.1. The van der Waals surface area contributed by atoms with Gasteiger partial charge in [0.15, 0.2) is 0 Å². The van der Waals surface area contributed by atoms with Crippen molar-refractivity contribution in [2.45, 2.75) is 25.3 Å². The van der Waals surface area contributed by atoms with Gasteiger partial charge < -0.3 is 4.74 Å². The first kappa shape index (κ1) is 18.1. The summed E-state index contributed by atoms with van der Waals surface area (Å²) in [7, 11) is -2.11. The van der Waals surface area contributed by atoms with Crippen LogP contribution in [0.15, 0.2) is 35.2 Å². The van der Waals surface area contributed by atoms with Crippen molar-refractivity contribution in [3.63, 3.8) is 0 Å². The fourth-order valence-corrected chi connectivity index (χ4v) is 3.98. The zero-order chi connectivity index (χ0) is 17.2. The van der Waals surface area contributed by atoms with Crippen molar-refractivity contribution < 1.29 is 13.2 Å². The normalized spacial score (nSPS) is 11.5. The second-order valence-electron chi connectivity index (χ2n) is 5.08. The molecule has 0 bridgehead atoms. The highest BCUT2D eigenvalue weighted by atomic mass is 35.5. The number of halogens is 2. The molecule has 0 spiro atoms. The van der Waals surface area contributed by atoms with Gasteiger partial charge in [0.2, 0.25) is 10.0 Å². The van der Waals surface area contributed by atoms with Crippen LogP contribution >= 0.6 is 23.2 Å². The number of rotatable bonds is 5. The monoisotopic (exact) mass is 373 g/mol. The molecule has 0 amide bonds. The number of ether oxygens (including phenoxy) is 1. The fourth-order valence-electron chi connectivity index (χ4n) is 2.20. The predicted octanol–water partition coefficient (Wildman–Crippen LogP) is 4.10. The Bertz CT molecular complexity index is 835. The molecular formula is C16H17Cl2NO3S. The molecule has 2 rings (SSSR count). The number of hydrogen-bond acceptors (Lipinski definition) is 3. The van der Waals surface area contributed by atoms with Crippen molar-refractivity contribution in [1.82, 2.24) is 4.72 Å². The van der Waals surface area contributed by atoms with Crippen LogP contribution < -0.4 is 9.46 Å². The molecule has 4 nitrogen and oxygen atoms in total. The summed E-state index contributed by atoms with van der Waals surface area (Å²) in [5.41, 5.74) is 2.10. The van der Waals surface area contributed by atoms with Gasteiger partial charge in [0.05, 0.1) is 12.0 Å². The summed E-state index contributed by atoms with van der Waals surface area (Å²) in [6, 6.07) is 8.12. The van der Waals surface area contributed by atoms with Crippen LogP contribution in [0.4, 0.5) is 0 Å². The summed E-state index contributed by atoms with van der Waals surface area (Å²) in [5, 5.41) is 0.922. The van der Waals surface area contributed by atoms with Gasteiger partial charge in [0, 0.05) is 16.6 Å². The van der Waals surface area contributed by atoms with Crippen molar-refractivity contribution in [2.24, 2.45) is 0 Å². The van der Waals surface area contributed by atoms with Gasteiger partial charge in [0.1, 0.15) is 5.75 Å². The Balaban J connectivity index is 2.27. The zero-order valence-electron chi connectivity index (χ0n) is 13.0. The van der Waals surface area contributed by atoms with Crippen molar-refractivity contribution in [3.8, 4) is 5.75 Å². The van der Waals surface area contributed by atoms with Crippen LogP contribution in [0.5, 0.6) is 5.75 Å². The standard InChI is InChI=1S/C16H17Cl2NO3S/c1-10-11(2)16(7-6-15(10)22-3)23(20,21)19-9-12-4-5-13(17)8-14(12)18/h4-8,19H,9H2,1-3H3. The molecule has 124 valence electrons. The van der Waals surface area contributed by atoms with E-state index in [0.717, 1.165) is 5.56 Å². The topological polar surface area (TPSA) is 55.4 Å². The first-order valence-electron chi connectivity index (χ1n) is 6.84. The minimum absolute atomic E-state index is 0.0862. The number of nitrogens with one attached hydrogen (secondary N) is 1. The van der Waals surface area contributed by atoms with E-state index in [2.05, 4.69) is 4.72 Å². The minimum atomic E-state index is -3.66. The molecule has 2 aromatic rings. The van der Waals surface area contributed by atoms with Crippen molar-refractivity contribution in [2.75, 3.05) is 7.11 Å². The molecule has 0 fully saturated rings. The molecule has 0 aliphatic rings. The molecule has 7 heteroatoms. The third kappa shape index (κ3) is 3.98. The second-order valence-corrected chi connectivity index (χ2v) is 7.66. The van der Waals surface area contributed by atoms with Crippen LogP contribution in [0.1, 0.15) is 16.7 Å². The summed E-state index contributed by atoms with van der Waals surface area (Å²) >= 11 is 11.9. The van der Waals surface area contributed by atoms with E-state index >= 15 is 0 Å². The van der Waals surface area contributed by atoms with Gasteiger partial charge in [0.25, 0.3) is 0 Å². The molecule has 23 heavy (non-hydrogen) atoms. The number of sulfonamides is 1. The van der Waals surface area contributed by atoms with Gasteiger partial charge in [-0.05, 0) is 54.8 Å². The van der Waals surface area contributed by atoms with E-state index in [1.54, 1.807) is 38.3 Å². The molecule has 2 aromatic carbocycles. The molecule has 0 aliphatic carbocycles. The summed E-state index contributed by atoms with van der Waals surface area (Å²) in [6.07, 6.45) is 0. The Morgan fingerprint density at radius 1 is 1.09 bits per heavy atom. The van der Waals surface area contributed by atoms with Crippen LogP contribution in [0, 0.1) is 13.8 Å². The molecule has 0 heterocycles. The number of benzene rings is 2. The van der Waals surface area contributed by atoms with Gasteiger partial charge in [-0.15, -0.1) is 0 Å². The SMILES string of the molecule is COc1ccc(S(=O)(=O)NCc2ccc(Cl)cc2Cl)c(C)c1C. The highest BCUT2D eigenvalue weighted by Gasteiger charge is 2.19. The van der Waals surface area contributed by atoms with E-state index in [1.807, 2.05) is 6.92 Å². The largest absolute Gasteiger partial charge is 0.496 e. The molecule has 0 aromatic heterocycles. The van der Waals surface area contributed by atoms with Crippen molar-refractivity contribution in [3.05, 3.63) is 57.1 Å². The van der Waals surface area contributed by atoms with Crippen LogP contribution in [0.25, 0.3) is 0 Å². The van der Waals surface area contributed by atoms with E-state index in [0.29, 0.717) is 26.9 Å². The van der Waals surface area contributed by atoms with E-state index in [-0.39, 0.29) is 11.4 Å². The lowest BCUT2D eigenvalue weighted by Gasteiger charge is -2.14. The lowest BCUT2D eigenvalue weighted by molar-refractivity contribution is 0.410. The van der Waals surface area contributed by atoms with Crippen molar-refractivity contribution in [1.29, 1.82) is 0 Å². The molecule has 1 N–H and O–H groups in total. The highest BCUT2D eigenvalue weighted by molar-refractivity contribution is 7.89. The second kappa shape index (κ2) is 7.09. The van der Waals surface area contributed by atoms with Crippen LogP contribution in [-0.2, 0) is 16.6 Å². The Labute approximate surface area is 146 Å². The third-order valence-electron chi connectivity index (χ3n) is 3.66. The lowest BCUT2D eigenvalue weighted by Crippen LogP contribution is -2.24. The Kier molecular flexibility index (Phi) is 5.57. The van der Waals surface area contributed by atoms with E-state index < -0.39 is 10.0 Å². The summed E-state index contributed by atoms with van der Waals surface area (Å²) in [4.78, 5) is 0.223. The molecule has 0 aliphatic heterocycles. The first-order chi connectivity index (χ1) is 10.8. The summed E-state index contributed by atoms with van der Waals surface area (Å²) in [6.45, 7) is 3.66. The maximum absolute atomic E-state index is 12.5. The Hall–Kier alpha value is -1.27. The average Bonchev–Trinajstić information content (AvgIpc) is 2.49. The minimum Gasteiger partial charge on any atom is -0.496 e. The van der Waals surface area contributed by atoms with Gasteiger partial charge in [-0.2, -0.15) is 0 Å². The average molecular weight is 374 g/mol. The van der Waals surface area contributed by atoms with E-state index in [9.17, 15) is 8.42 Å². The van der Waals surface area contributed by atoms with Gasteiger partial charge in [-0.3, -0.25) is 0 Å². The highest BCUT2D eigenvalue weighted by Crippen LogP contribution is 2.27. The zero-order valence-corrected chi connectivity index (χ0v) is 15.3. The van der Waals surface area contributed by atoms with Crippen LogP contribution in [-0.4, -0.2) is 15.5 Å². The Morgan fingerprint density at radius 3 is 2.39 bits per heavy atom. The number of hydrogen-bond donors (Lipinski definition) is 1.